The molecule has 0 unspecified atom stereocenters. The standard InChI is InChI=1S/C12H12FN3/c1-14-8-12-15-7-6-11(16-12)9-4-2-3-5-10(9)13/h2-7,14H,8H2,1H3. The number of hydrogen-bond donors (Lipinski definition) is 1. The maximum absolute atomic E-state index is 13.5. The topological polar surface area (TPSA) is 37.8 Å². The van der Waals surface area contributed by atoms with Crippen molar-refractivity contribution in [3.63, 3.8) is 0 Å². The van der Waals surface area contributed by atoms with Crippen molar-refractivity contribution >= 4 is 0 Å². The summed E-state index contributed by atoms with van der Waals surface area (Å²) in [5, 5.41) is 2.96. The Hall–Kier alpha value is -1.81. The van der Waals surface area contributed by atoms with Crippen LogP contribution < -0.4 is 5.32 Å². The highest BCUT2D eigenvalue weighted by atomic mass is 19.1. The van der Waals surface area contributed by atoms with Crippen molar-refractivity contribution in [1.82, 2.24) is 15.3 Å². The molecule has 0 amide bonds. The normalized spacial score (nSPS) is 10.4. The molecule has 0 radical (unpaired) electrons. The van der Waals surface area contributed by atoms with Gasteiger partial charge in [0.2, 0.25) is 0 Å². The van der Waals surface area contributed by atoms with Crippen LogP contribution >= 0.6 is 0 Å². The van der Waals surface area contributed by atoms with Gasteiger partial charge >= 0.3 is 0 Å². The van der Waals surface area contributed by atoms with Crippen LogP contribution in [0.3, 0.4) is 0 Å². The Labute approximate surface area is 93.4 Å². The number of aromatic nitrogens is 2. The monoisotopic (exact) mass is 217 g/mol. The molecule has 0 aliphatic heterocycles. The molecule has 0 aliphatic carbocycles. The van der Waals surface area contributed by atoms with Crippen LogP contribution in [0.15, 0.2) is 36.5 Å². The number of nitrogens with one attached hydrogen (secondary N) is 1. The van der Waals surface area contributed by atoms with Crippen LogP contribution in [0.25, 0.3) is 11.3 Å². The van der Waals surface area contributed by atoms with Crippen LogP contribution in [-0.4, -0.2) is 17.0 Å². The molecule has 1 aromatic carbocycles. The van der Waals surface area contributed by atoms with Gasteiger partial charge in [0.15, 0.2) is 0 Å². The van der Waals surface area contributed by atoms with Crippen molar-refractivity contribution in [3.8, 4) is 11.3 Å². The predicted octanol–water partition coefficient (Wildman–Crippen LogP) is 2.00. The second-order valence-electron chi connectivity index (χ2n) is 3.37. The molecule has 0 atom stereocenters. The van der Waals surface area contributed by atoms with E-state index in [-0.39, 0.29) is 5.82 Å². The summed E-state index contributed by atoms with van der Waals surface area (Å²) in [6, 6.07) is 8.29. The zero-order valence-electron chi connectivity index (χ0n) is 8.94. The van der Waals surface area contributed by atoms with Gasteiger partial charge in [-0.3, -0.25) is 0 Å². The second kappa shape index (κ2) is 4.81. The summed E-state index contributed by atoms with van der Waals surface area (Å²) in [7, 11) is 1.82. The van der Waals surface area contributed by atoms with Crippen molar-refractivity contribution in [1.29, 1.82) is 0 Å². The molecule has 16 heavy (non-hydrogen) atoms. The average molecular weight is 217 g/mol. The summed E-state index contributed by atoms with van der Waals surface area (Å²) < 4.78 is 13.5. The first-order chi connectivity index (χ1) is 7.81. The number of rotatable bonds is 3. The van der Waals surface area contributed by atoms with Crippen molar-refractivity contribution in [2.24, 2.45) is 0 Å². The summed E-state index contributed by atoms with van der Waals surface area (Å²) in [6.45, 7) is 0.572. The minimum absolute atomic E-state index is 0.267. The number of halogens is 1. The van der Waals surface area contributed by atoms with Gasteiger partial charge in [-0.25, -0.2) is 14.4 Å². The first kappa shape index (κ1) is 10.7. The minimum Gasteiger partial charge on any atom is -0.313 e. The third kappa shape index (κ3) is 2.23. The van der Waals surface area contributed by atoms with Gasteiger partial charge in [0.1, 0.15) is 11.6 Å². The zero-order chi connectivity index (χ0) is 11.4. The van der Waals surface area contributed by atoms with Gasteiger partial charge in [0.25, 0.3) is 0 Å². The van der Waals surface area contributed by atoms with E-state index in [4.69, 9.17) is 0 Å². The van der Waals surface area contributed by atoms with Crippen LogP contribution in [0, 0.1) is 5.82 Å². The predicted molar refractivity (Wildman–Crippen MR) is 60.2 cm³/mol. The lowest BCUT2D eigenvalue weighted by Crippen LogP contribution is -2.09. The zero-order valence-corrected chi connectivity index (χ0v) is 8.94. The molecule has 0 fully saturated rings. The van der Waals surface area contributed by atoms with Gasteiger partial charge in [0.05, 0.1) is 12.2 Å². The van der Waals surface area contributed by atoms with Crippen LogP contribution in [0.1, 0.15) is 5.82 Å². The van der Waals surface area contributed by atoms with Gasteiger partial charge in [-0.05, 0) is 25.2 Å². The van der Waals surface area contributed by atoms with E-state index < -0.39 is 0 Å². The maximum atomic E-state index is 13.5. The third-order valence-electron chi connectivity index (χ3n) is 2.19. The molecule has 1 aromatic heterocycles. The van der Waals surface area contributed by atoms with E-state index in [9.17, 15) is 4.39 Å². The van der Waals surface area contributed by atoms with E-state index in [1.165, 1.54) is 6.07 Å². The smallest absolute Gasteiger partial charge is 0.142 e. The van der Waals surface area contributed by atoms with Crippen molar-refractivity contribution < 1.29 is 4.39 Å². The minimum atomic E-state index is -0.267. The van der Waals surface area contributed by atoms with E-state index in [0.717, 1.165) is 0 Å². The third-order valence-corrected chi connectivity index (χ3v) is 2.19. The van der Waals surface area contributed by atoms with Gasteiger partial charge < -0.3 is 5.32 Å². The molecule has 1 N–H and O–H groups in total. The Balaban J connectivity index is 2.40. The van der Waals surface area contributed by atoms with Crippen LogP contribution in [0.4, 0.5) is 4.39 Å². The number of benzene rings is 1. The Morgan fingerprint density at radius 3 is 2.81 bits per heavy atom. The lowest BCUT2D eigenvalue weighted by atomic mass is 10.1. The highest BCUT2D eigenvalue weighted by molar-refractivity contribution is 5.59. The van der Waals surface area contributed by atoms with Crippen LogP contribution in [-0.2, 0) is 6.54 Å². The average Bonchev–Trinajstić information content (AvgIpc) is 2.30. The van der Waals surface area contributed by atoms with Gasteiger partial charge in [-0.2, -0.15) is 0 Å². The molecule has 2 aromatic rings. The molecule has 1 heterocycles. The molecule has 3 nitrogen and oxygen atoms in total. The van der Waals surface area contributed by atoms with E-state index in [1.807, 2.05) is 7.05 Å². The Morgan fingerprint density at radius 2 is 2.06 bits per heavy atom. The summed E-state index contributed by atoms with van der Waals surface area (Å²) in [4.78, 5) is 8.37. The van der Waals surface area contributed by atoms with Gasteiger partial charge in [-0.1, -0.05) is 12.1 Å². The maximum Gasteiger partial charge on any atom is 0.142 e. The fraction of sp³-hybridized carbons (Fsp3) is 0.167. The van der Waals surface area contributed by atoms with Crippen molar-refractivity contribution in [2.45, 2.75) is 6.54 Å². The van der Waals surface area contributed by atoms with E-state index in [0.29, 0.717) is 23.6 Å². The summed E-state index contributed by atoms with van der Waals surface area (Å²) in [5.41, 5.74) is 1.11. The van der Waals surface area contributed by atoms with Crippen molar-refractivity contribution in [2.75, 3.05) is 7.05 Å². The van der Waals surface area contributed by atoms with Crippen LogP contribution in [0.2, 0.25) is 0 Å². The SMILES string of the molecule is CNCc1nccc(-c2ccccc2F)n1. The molecule has 0 saturated heterocycles. The summed E-state index contributed by atoms with van der Waals surface area (Å²) in [6.07, 6.45) is 1.64. The molecule has 4 heteroatoms. The summed E-state index contributed by atoms with van der Waals surface area (Å²) >= 11 is 0. The molecule has 82 valence electrons. The van der Waals surface area contributed by atoms with Gasteiger partial charge in [-0.15, -0.1) is 0 Å². The Kier molecular flexibility index (Phi) is 3.22. The quantitative estimate of drug-likeness (QED) is 0.854. The Bertz CT molecular complexity index is 485. The van der Waals surface area contributed by atoms with Gasteiger partial charge in [0, 0.05) is 11.8 Å². The van der Waals surface area contributed by atoms with E-state index >= 15 is 0 Å². The molecule has 0 spiro atoms. The van der Waals surface area contributed by atoms with Crippen molar-refractivity contribution in [3.05, 3.63) is 48.2 Å². The Morgan fingerprint density at radius 1 is 1.25 bits per heavy atom. The number of hydrogen-bond acceptors (Lipinski definition) is 3. The first-order valence-electron chi connectivity index (χ1n) is 5.02. The van der Waals surface area contributed by atoms with Crippen LogP contribution in [0.5, 0.6) is 0 Å². The highest BCUT2D eigenvalue weighted by Crippen LogP contribution is 2.19. The summed E-state index contributed by atoms with van der Waals surface area (Å²) in [5.74, 6) is 0.389. The fourth-order valence-electron chi connectivity index (χ4n) is 1.46. The lowest BCUT2D eigenvalue weighted by Gasteiger charge is -2.04. The lowest BCUT2D eigenvalue weighted by molar-refractivity contribution is 0.630. The van der Waals surface area contributed by atoms with E-state index in [1.54, 1.807) is 30.5 Å². The molecule has 0 saturated carbocycles. The fourth-order valence-corrected chi connectivity index (χ4v) is 1.46. The molecular formula is C12H12FN3. The number of nitrogens with zero attached hydrogens (tertiary/aromatic N) is 2. The molecule has 2 rings (SSSR count). The second-order valence-corrected chi connectivity index (χ2v) is 3.37. The first-order valence-corrected chi connectivity index (χ1v) is 5.02. The molecular weight excluding hydrogens is 205 g/mol. The molecule has 0 aliphatic rings. The largest absolute Gasteiger partial charge is 0.313 e. The highest BCUT2D eigenvalue weighted by Gasteiger charge is 2.06. The van der Waals surface area contributed by atoms with E-state index in [2.05, 4.69) is 15.3 Å². The molecule has 0 bridgehead atoms.